The van der Waals surface area contributed by atoms with Gasteiger partial charge in [0.1, 0.15) is 0 Å². The summed E-state index contributed by atoms with van der Waals surface area (Å²) in [5.41, 5.74) is 1.26. The third-order valence-electron chi connectivity index (χ3n) is 4.42. The fraction of sp³-hybridized carbons (Fsp3) is 0.588. The average molecular weight is 290 g/mol. The summed E-state index contributed by atoms with van der Waals surface area (Å²) in [5, 5.41) is 12.8. The van der Waals surface area contributed by atoms with Gasteiger partial charge in [-0.2, -0.15) is 0 Å². The topological polar surface area (TPSA) is 52.6 Å². The van der Waals surface area contributed by atoms with E-state index in [1.807, 2.05) is 43.3 Å². The molecular weight excluding hydrogens is 264 g/mol. The SMILES string of the molecule is CC1CCCC(CO)(NC(=O)c2ccc(N(C)C)cc2)C1. The van der Waals surface area contributed by atoms with Crippen molar-refractivity contribution in [2.45, 2.75) is 38.1 Å². The summed E-state index contributed by atoms with van der Waals surface area (Å²) in [7, 11) is 3.94. The molecule has 2 atom stereocenters. The standard InChI is InChI=1S/C17H26N2O2/c1-13-5-4-10-17(11-13,12-20)18-16(21)14-6-8-15(9-7-14)19(2)3/h6-9,13,20H,4-5,10-12H2,1-3H3,(H,18,21). The van der Waals surface area contributed by atoms with Crippen LogP contribution in [0.2, 0.25) is 0 Å². The number of nitrogens with one attached hydrogen (secondary N) is 1. The van der Waals surface area contributed by atoms with Gasteiger partial charge in [0.15, 0.2) is 0 Å². The molecule has 4 nitrogen and oxygen atoms in total. The van der Waals surface area contributed by atoms with Crippen molar-refractivity contribution < 1.29 is 9.90 Å². The third kappa shape index (κ3) is 3.76. The zero-order chi connectivity index (χ0) is 15.5. The molecule has 0 heterocycles. The van der Waals surface area contributed by atoms with Crippen LogP contribution in [0.1, 0.15) is 43.0 Å². The Morgan fingerprint density at radius 1 is 1.38 bits per heavy atom. The van der Waals surface area contributed by atoms with E-state index < -0.39 is 5.54 Å². The number of nitrogens with zero attached hydrogens (tertiary/aromatic N) is 1. The molecule has 1 saturated carbocycles. The molecule has 0 spiro atoms. The van der Waals surface area contributed by atoms with Crippen LogP contribution in [0.3, 0.4) is 0 Å². The minimum Gasteiger partial charge on any atom is -0.394 e. The second-order valence-electron chi connectivity index (χ2n) is 6.54. The van der Waals surface area contributed by atoms with E-state index in [4.69, 9.17) is 0 Å². The number of aliphatic hydroxyl groups is 1. The summed E-state index contributed by atoms with van der Waals surface area (Å²) >= 11 is 0. The molecule has 21 heavy (non-hydrogen) atoms. The molecule has 1 aliphatic carbocycles. The Morgan fingerprint density at radius 2 is 2.05 bits per heavy atom. The van der Waals surface area contributed by atoms with Gasteiger partial charge in [-0.15, -0.1) is 0 Å². The van der Waals surface area contributed by atoms with Crippen LogP contribution in [0.4, 0.5) is 5.69 Å². The van der Waals surface area contributed by atoms with Crippen molar-refractivity contribution in [1.29, 1.82) is 0 Å². The van der Waals surface area contributed by atoms with Crippen molar-refractivity contribution in [2.24, 2.45) is 5.92 Å². The zero-order valence-electron chi connectivity index (χ0n) is 13.2. The highest BCUT2D eigenvalue weighted by molar-refractivity contribution is 5.95. The molecule has 0 aliphatic heterocycles. The quantitative estimate of drug-likeness (QED) is 0.895. The number of rotatable bonds is 4. The van der Waals surface area contributed by atoms with Gasteiger partial charge in [-0.1, -0.05) is 19.8 Å². The predicted octanol–water partition coefficient (Wildman–Crippen LogP) is 2.42. The summed E-state index contributed by atoms with van der Waals surface area (Å²) in [6, 6.07) is 7.54. The van der Waals surface area contributed by atoms with Gasteiger partial charge in [-0.05, 0) is 43.0 Å². The Bertz CT molecular complexity index is 484. The molecule has 2 rings (SSSR count). The summed E-state index contributed by atoms with van der Waals surface area (Å²) in [4.78, 5) is 14.4. The molecule has 116 valence electrons. The lowest BCUT2D eigenvalue weighted by atomic mass is 9.76. The van der Waals surface area contributed by atoms with E-state index in [-0.39, 0.29) is 12.5 Å². The first-order valence-corrected chi connectivity index (χ1v) is 7.66. The first-order valence-electron chi connectivity index (χ1n) is 7.66. The van der Waals surface area contributed by atoms with Crippen LogP contribution < -0.4 is 10.2 Å². The minimum atomic E-state index is -0.449. The van der Waals surface area contributed by atoms with Gasteiger partial charge in [0.25, 0.3) is 5.91 Å². The number of hydrogen-bond donors (Lipinski definition) is 2. The lowest BCUT2D eigenvalue weighted by molar-refractivity contribution is 0.0697. The molecule has 2 unspecified atom stereocenters. The van der Waals surface area contributed by atoms with Crippen molar-refractivity contribution in [1.82, 2.24) is 5.32 Å². The molecule has 0 radical (unpaired) electrons. The van der Waals surface area contributed by atoms with E-state index in [0.717, 1.165) is 24.9 Å². The Balaban J connectivity index is 2.08. The van der Waals surface area contributed by atoms with Gasteiger partial charge in [0.05, 0.1) is 12.1 Å². The Labute approximate surface area is 127 Å². The summed E-state index contributed by atoms with van der Waals surface area (Å²) in [6.45, 7) is 2.19. The smallest absolute Gasteiger partial charge is 0.251 e. The van der Waals surface area contributed by atoms with Crippen LogP contribution in [0.25, 0.3) is 0 Å². The van der Waals surface area contributed by atoms with Gasteiger partial charge >= 0.3 is 0 Å². The van der Waals surface area contributed by atoms with Crippen LogP contribution in [-0.2, 0) is 0 Å². The molecule has 1 aliphatic rings. The van der Waals surface area contributed by atoms with Crippen LogP contribution in [0, 0.1) is 5.92 Å². The van der Waals surface area contributed by atoms with Gasteiger partial charge in [-0.25, -0.2) is 0 Å². The van der Waals surface area contributed by atoms with E-state index in [0.29, 0.717) is 11.5 Å². The van der Waals surface area contributed by atoms with Gasteiger partial charge in [0, 0.05) is 25.3 Å². The van der Waals surface area contributed by atoms with Crippen LogP contribution in [0.15, 0.2) is 24.3 Å². The molecule has 1 aromatic rings. The van der Waals surface area contributed by atoms with E-state index in [1.54, 1.807) is 0 Å². The number of carbonyl (C=O) groups is 1. The second-order valence-corrected chi connectivity index (χ2v) is 6.54. The number of aliphatic hydroxyl groups excluding tert-OH is 1. The summed E-state index contributed by atoms with van der Waals surface area (Å²) < 4.78 is 0. The van der Waals surface area contributed by atoms with E-state index in [9.17, 15) is 9.90 Å². The highest BCUT2D eigenvalue weighted by Crippen LogP contribution is 2.32. The monoisotopic (exact) mass is 290 g/mol. The molecular formula is C17H26N2O2. The average Bonchev–Trinajstić information content (AvgIpc) is 2.47. The molecule has 2 N–H and O–H groups in total. The van der Waals surface area contributed by atoms with E-state index >= 15 is 0 Å². The van der Waals surface area contributed by atoms with Crippen molar-refractivity contribution in [2.75, 3.05) is 25.6 Å². The number of carbonyl (C=O) groups excluding carboxylic acids is 1. The normalized spacial score (nSPS) is 25.4. The lowest BCUT2D eigenvalue weighted by Gasteiger charge is -2.39. The highest BCUT2D eigenvalue weighted by atomic mass is 16.3. The van der Waals surface area contributed by atoms with E-state index in [2.05, 4.69) is 12.2 Å². The fourth-order valence-electron chi connectivity index (χ4n) is 3.18. The highest BCUT2D eigenvalue weighted by Gasteiger charge is 2.35. The Hall–Kier alpha value is -1.55. The van der Waals surface area contributed by atoms with Gasteiger partial charge < -0.3 is 15.3 Å². The molecule has 4 heteroatoms. The van der Waals surface area contributed by atoms with E-state index in [1.165, 1.54) is 6.42 Å². The number of anilines is 1. The zero-order valence-corrected chi connectivity index (χ0v) is 13.2. The second kappa shape index (κ2) is 6.48. The van der Waals surface area contributed by atoms with Crippen molar-refractivity contribution in [3.63, 3.8) is 0 Å². The molecule has 1 amide bonds. The molecule has 0 aromatic heterocycles. The third-order valence-corrected chi connectivity index (χ3v) is 4.42. The van der Waals surface area contributed by atoms with Gasteiger partial charge in [-0.3, -0.25) is 4.79 Å². The largest absolute Gasteiger partial charge is 0.394 e. The minimum absolute atomic E-state index is 0.0128. The Kier molecular flexibility index (Phi) is 4.88. The maximum atomic E-state index is 12.4. The number of benzene rings is 1. The molecule has 1 fully saturated rings. The van der Waals surface area contributed by atoms with Crippen LogP contribution >= 0.6 is 0 Å². The van der Waals surface area contributed by atoms with Crippen molar-refractivity contribution in [3.05, 3.63) is 29.8 Å². The predicted molar refractivity (Wildman–Crippen MR) is 85.7 cm³/mol. The molecule has 1 aromatic carbocycles. The Morgan fingerprint density at radius 3 is 2.57 bits per heavy atom. The fourth-order valence-corrected chi connectivity index (χ4v) is 3.18. The van der Waals surface area contributed by atoms with Crippen LogP contribution in [-0.4, -0.2) is 37.3 Å². The summed E-state index contributed by atoms with van der Waals surface area (Å²) in [5.74, 6) is 0.450. The maximum absolute atomic E-state index is 12.4. The summed E-state index contributed by atoms with van der Waals surface area (Å²) in [6.07, 6.45) is 3.94. The maximum Gasteiger partial charge on any atom is 0.251 e. The van der Waals surface area contributed by atoms with Gasteiger partial charge in [0.2, 0.25) is 0 Å². The van der Waals surface area contributed by atoms with Crippen molar-refractivity contribution >= 4 is 11.6 Å². The molecule has 0 bridgehead atoms. The van der Waals surface area contributed by atoms with Crippen LogP contribution in [0.5, 0.6) is 0 Å². The first kappa shape index (κ1) is 15.8. The first-order chi connectivity index (χ1) is 9.96. The number of amides is 1. The number of hydrogen-bond acceptors (Lipinski definition) is 3. The molecule has 0 saturated heterocycles. The lowest BCUT2D eigenvalue weighted by Crippen LogP contribution is -2.53. The van der Waals surface area contributed by atoms with Crippen molar-refractivity contribution in [3.8, 4) is 0 Å².